The van der Waals surface area contributed by atoms with E-state index in [-0.39, 0.29) is 0 Å². The minimum absolute atomic E-state index is 0.366. The molecule has 0 radical (unpaired) electrons. The molecule has 0 bridgehead atoms. The molecule has 4 rings (SSSR count). The van der Waals surface area contributed by atoms with E-state index >= 15 is 0 Å². The van der Waals surface area contributed by atoms with E-state index in [9.17, 15) is 0 Å². The molecular weight excluding hydrogens is 400 g/mol. The smallest absolute Gasteiger partial charge is 0.0721 e. The molecule has 4 aromatic rings. The first-order valence-electron chi connectivity index (χ1n) is 11.9. The summed E-state index contributed by atoms with van der Waals surface area (Å²) in [6, 6.07) is 34.9. The Morgan fingerprint density at radius 3 is 1.33 bits per heavy atom. The number of rotatable bonds is 8. The Labute approximate surface area is 199 Å². The van der Waals surface area contributed by atoms with Crippen LogP contribution in [0.5, 0.6) is 0 Å². The molecule has 2 atom stereocenters. The predicted octanol–water partition coefficient (Wildman–Crippen LogP) is 8.32. The van der Waals surface area contributed by atoms with Crippen LogP contribution in [0.3, 0.4) is 0 Å². The van der Waals surface area contributed by atoms with Crippen molar-refractivity contribution in [2.24, 2.45) is 0 Å². The van der Waals surface area contributed by atoms with Crippen molar-refractivity contribution in [1.29, 1.82) is 0 Å². The predicted molar refractivity (Wildman–Crippen MR) is 139 cm³/mol. The number of benzene rings is 4. The van der Waals surface area contributed by atoms with Gasteiger partial charge >= 0.3 is 0 Å². The second-order valence-electron chi connectivity index (χ2n) is 9.14. The zero-order valence-electron chi connectivity index (χ0n) is 20.2. The van der Waals surface area contributed by atoms with Gasteiger partial charge in [0.1, 0.15) is 0 Å². The van der Waals surface area contributed by atoms with E-state index in [1.807, 2.05) is 0 Å². The third-order valence-corrected chi connectivity index (χ3v) is 6.76. The normalized spacial score (nSPS) is 13.0. The largest absolute Gasteiger partial charge is 0.372 e. The van der Waals surface area contributed by atoms with Crippen molar-refractivity contribution in [1.82, 2.24) is 0 Å². The van der Waals surface area contributed by atoms with Gasteiger partial charge in [-0.15, -0.1) is 0 Å². The Morgan fingerprint density at radius 2 is 0.939 bits per heavy atom. The molecule has 1 nitrogen and oxygen atoms in total. The van der Waals surface area contributed by atoms with Gasteiger partial charge in [0.2, 0.25) is 0 Å². The van der Waals surface area contributed by atoms with Crippen LogP contribution in [0.25, 0.3) is 0 Å². The molecule has 0 N–H and O–H groups in total. The van der Waals surface area contributed by atoms with Crippen molar-refractivity contribution in [2.75, 3.05) is 0 Å². The Kier molecular flexibility index (Phi) is 7.42. The zero-order valence-corrected chi connectivity index (χ0v) is 20.2. The second kappa shape index (κ2) is 10.6. The molecule has 0 aliphatic heterocycles. The van der Waals surface area contributed by atoms with Crippen LogP contribution in [0.1, 0.15) is 70.2 Å². The quantitative estimate of drug-likeness (QED) is 0.271. The van der Waals surface area contributed by atoms with Crippen LogP contribution in [0.15, 0.2) is 97.1 Å². The minimum atomic E-state index is 0.366. The van der Waals surface area contributed by atoms with E-state index in [2.05, 4.69) is 125 Å². The van der Waals surface area contributed by atoms with Crippen molar-refractivity contribution < 1.29 is 4.74 Å². The van der Waals surface area contributed by atoms with Crippen LogP contribution in [0.2, 0.25) is 0 Å². The summed E-state index contributed by atoms with van der Waals surface area (Å²) < 4.78 is 6.17. The van der Waals surface area contributed by atoms with Crippen LogP contribution in [0, 0.1) is 13.8 Å². The van der Waals surface area contributed by atoms with Crippen molar-refractivity contribution in [3.8, 4) is 0 Å². The lowest BCUT2D eigenvalue weighted by molar-refractivity contribution is 0.107. The number of aryl methyl sites for hydroxylation is 2. The highest BCUT2D eigenvalue weighted by molar-refractivity contribution is 5.40. The van der Waals surface area contributed by atoms with Gasteiger partial charge in [0.15, 0.2) is 0 Å². The van der Waals surface area contributed by atoms with Crippen molar-refractivity contribution in [2.45, 2.75) is 52.7 Å². The summed E-state index contributed by atoms with van der Waals surface area (Å²) in [5.74, 6) is 0.732. The second-order valence-corrected chi connectivity index (χ2v) is 9.14. The highest BCUT2D eigenvalue weighted by atomic mass is 16.5. The van der Waals surface area contributed by atoms with Gasteiger partial charge in [0.25, 0.3) is 0 Å². The van der Waals surface area contributed by atoms with E-state index in [4.69, 9.17) is 4.74 Å². The molecule has 1 heteroatoms. The molecule has 0 fully saturated rings. The van der Waals surface area contributed by atoms with Crippen molar-refractivity contribution in [3.05, 3.63) is 142 Å². The first kappa shape index (κ1) is 23.0. The average Bonchev–Trinajstić information content (AvgIpc) is 2.86. The van der Waals surface area contributed by atoms with E-state index in [1.165, 1.54) is 44.5 Å². The topological polar surface area (TPSA) is 9.23 Å². The fourth-order valence-corrected chi connectivity index (χ4v) is 4.62. The molecule has 0 saturated heterocycles. The van der Waals surface area contributed by atoms with Crippen LogP contribution < -0.4 is 0 Å². The highest BCUT2D eigenvalue weighted by Crippen LogP contribution is 2.29. The lowest BCUT2D eigenvalue weighted by Gasteiger charge is -2.18. The summed E-state index contributed by atoms with van der Waals surface area (Å²) in [5, 5.41) is 0. The summed E-state index contributed by atoms with van der Waals surface area (Å²) in [5.41, 5.74) is 10.5. The fraction of sp³-hybridized carbons (Fsp3) is 0.250. The Bertz CT molecular complexity index is 1080. The molecule has 2 unspecified atom stereocenters. The summed E-state index contributed by atoms with van der Waals surface area (Å²) in [7, 11) is 0. The first-order chi connectivity index (χ1) is 16.0. The van der Waals surface area contributed by atoms with Gasteiger partial charge < -0.3 is 4.74 Å². The summed E-state index contributed by atoms with van der Waals surface area (Å²) in [4.78, 5) is 0. The van der Waals surface area contributed by atoms with Gasteiger partial charge in [-0.25, -0.2) is 0 Å². The molecule has 168 valence electrons. The maximum Gasteiger partial charge on any atom is 0.0721 e. The lowest BCUT2D eigenvalue weighted by Crippen LogP contribution is -2.03. The van der Waals surface area contributed by atoms with Gasteiger partial charge in [-0.2, -0.15) is 0 Å². The first-order valence-corrected chi connectivity index (χ1v) is 11.9. The molecule has 0 saturated carbocycles. The van der Waals surface area contributed by atoms with E-state index in [1.54, 1.807) is 0 Å². The Morgan fingerprint density at radius 1 is 0.545 bits per heavy atom. The molecule has 0 heterocycles. The van der Waals surface area contributed by atoms with Gasteiger partial charge in [-0.1, -0.05) is 111 Å². The SMILES string of the molecule is Cc1ccc(COCc2ccc(C)c(C(C)c3ccccc3)c2)cc1C(C)c1ccccc1. The maximum absolute atomic E-state index is 6.17. The summed E-state index contributed by atoms with van der Waals surface area (Å²) in [6.45, 7) is 10.2. The number of ether oxygens (including phenoxy) is 1. The fourth-order valence-electron chi connectivity index (χ4n) is 4.62. The summed E-state index contributed by atoms with van der Waals surface area (Å²) >= 11 is 0. The standard InChI is InChI=1S/C32H34O/c1-23-15-17-27(19-31(23)25(3)29-11-7-5-8-12-29)21-33-22-28-18-16-24(2)32(20-28)26(4)30-13-9-6-10-14-30/h5-20,25-26H,21-22H2,1-4H3. The van der Waals surface area contributed by atoms with Gasteiger partial charge in [0, 0.05) is 11.8 Å². The van der Waals surface area contributed by atoms with Gasteiger partial charge in [-0.3, -0.25) is 0 Å². The minimum Gasteiger partial charge on any atom is -0.372 e. The van der Waals surface area contributed by atoms with Gasteiger partial charge in [-0.05, 0) is 58.4 Å². The number of hydrogen-bond donors (Lipinski definition) is 0. The van der Waals surface area contributed by atoms with Gasteiger partial charge in [0.05, 0.1) is 13.2 Å². The highest BCUT2D eigenvalue weighted by Gasteiger charge is 2.13. The summed E-state index contributed by atoms with van der Waals surface area (Å²) in [6.07, 6.45) is 0. The molecule has 0 spiro atoms. The van der Waals surface area contributed by atoms with E-state index in [0.29, 0.717) is 25.0 Å². The van der Waals surface area contributed by atoms with E-state index < -0.39 is 0 Å². The monoisotopic (exact) mass is 434 g/mol. The lowest BCUT2D eigenvalue weighted by atomic mass is 9.89. The maximum atomic E-state index is 6.17. The Hall–Kier alpha value is -3.16. The van der Waals surface area contributed by atoms with Crippen molar-refractivity contribution in [3.63, 3.8) is 0 Å². The molecule has 0 aliphatic rings. The average molecular weight is 435 g/mol. The Balaban J connectivity index is 1.44. The van der Waals surface area contributed by atoms with Crippen LogP contribution in [-0.4, -0.2) is 0 Å². The molecule has 33 heavy (non-hydrogen) atoms. The van der Waals surface area contributed by atoms with Crippen LogP contribution >= 0.6 is 0 Å². The van der Waals surface area contributed by atoms with Crippen LogP contribution in [-0.2, 0) is 18.0 Å². The molecule has 0 aliphatic carbocycles. The molecule has 4 aromatic carbocycles. The molecule has 0 aromatic heterocycles. The van der Waals surface area contributed by atoms with Crippen LogP contribution in [0.4, 0.5) is 0 Å². The molecule has 0 amide bonds. The third kappa shape index (κ3) is 5.61. The zero-order chi connectivity index (χ0) is 23.2. The van der Waals surface area contributed by atoms with E-state index in [0.717, 1.165) is 0 Å². The third-order valence-electron chi connectivity index (χ3n) is 6.76. The molecular formula is C32H34O. The number of hydrogen-bond acceptors (Lipinski definition) is 1. The van der Waals surface area contributed by atoms with Crippen molar-refractivity contribution >= 4 is 0 Å².